The Labute approximate surface area is 181 Å². The molecule has 1 heterocycles. The Balaban J connectivity index is 1.79. The molecule has 0 aliphatic carbocycles. The molecule has 0 aromatic heterocycles. The molecule has 8 heteroatoms. The third-order valence-electron chi connectivity index (χ3n) is 5.64. The molecule has 5 nitrogen and oxygen atoms in total. The van der Waals surface area contributed by atoms with Crippen LogP contribution in [0.4, 0.5) is 4.39 Å². The van der Waals surface area contributed by atoms with Crippen molar-refractivity contribution in [1.82, 2.24) is 4.90 Å². The summed E-state index contributed by atoms with van der Waals surface area (Å²) in [5, 5.41) is 0.230. The SMILES string of the molecule is Cc1ccc(C2(CCOS(C)(=O)=O)CCN(C(=O)Cc3c(F)cccc3Cl)C2)cc1. The number of amides is 1. The van der Waals surface area contributed by atoms with Crippen molar-refractivity contribution in [2.24, 2.45) is 0 Å². The summed E-state index contributed by atoms with van der Waals surface area (Å²) in [7, 11) is -3.55. The van der Waals surface area contributed by atoms with Gasteiger partial charge in [-0.3, -0.25) is 8.98 Å². The molecule has 2 aromatic carbocycles. The molecule has 1 aliphatic heterocycles. The average molecular weight is 454 g/mol. The number of aryl methyl sites for hydroxylation is 1. The normalized spacial score (nSPS) is 19.3. The molecule has 0 radical (unpaired) electrons. The van der Waals surface area contributed by atoms with Gasteiger partial charge in [-0.1, -0.05) is 47.5 Å². The monoisotopic (exact) mass is 453 g/mol. The van der Waals surface area contributed by atoms with Gasteiger partial charge in [0.05, 0.1) is 19.3 Å². The van der Waals surface area contributed by atoms with Gasteiger partial charge in [-0.2, -0.15) is 8.42 Å². The zero-order valence-corrected chi connectivity index (χ0v) is 18.6. The van der Waals surface area contributed by atoms with Crippen molar-refractivity contribution in [3.8, 4) is 0 Å². The summed E-state index contributed by atoms with van der Waals surface area (Å²) >= 11 is 6.07. The summed E-state index contributed by atoms with van der Waals surface area (Å²) in [6, 6.07) is 12.4. The Hall–Kier alpha value is -1.96. The summed E-state index contributed by atoms with van der Waals surface area (Å²) in [5.41, 5.74) is 1.91. The molecule has 2 aromatic rings. The first kappa shape index (κ1) is 22.7. The molecule has 1 saturated heterocycles. The molecule has 0 bridgehead atoms. The quantitative estimate of drug-likeness (QED) is 0.597. The van der Waals surface area contributed by atoms with Crippen molar-refractivity contribution in [2.45, 2.75) is 31.6 Å². The molecule has 30 heavy (non-hydrogen) atoms. The summed E-state index contributed by atoms with van der Waals surface area (Å²) in [4.78, 5) is 14.6. The molecule has 1 amide bonds. The van der Waals surface area contributed by atoms with Crippen molar-refractivity contribution in [1.29, 1.82) is 0 Å². The highest BCUT2D eigenvalue weighted by molar-refractivity contribution is 7.85. The first-order valence-corrected chi connectivity index (χ1v) is 11.9. The van der Waals surface area contributed by atoms with Gasteiger partial charge < -0.3 is 4.90 Å². The van der Waals surface area contributed by atoms with E-state index in [1.165, 1.54) is 12.1 Å². The number of carbonyl (C=O) groups excluding carboxylic acids is 1. The van der Waals surface area contributed by atoms with Gasteiger partial charge in [0, 0.05) is 29.1 Å². The van der Waals surface area contributed by atoms with Crippen LogP contribution >= 0.6 is 11.6 Å². The molecule has 162 valence electrons. The van der Waals surface area contributed by atoms with Gasteiger partial charge in [0.15, 0.2) is 0 Å². The van der Waals surface area contributed by atoms with Crippen LogP contribution in [0.3, 0.4) is 0 Å². The van der Waals surface area contributed by atoms with Gasteiger partial charge in [-0.15, -0.1) is 0 Å². The van der Waals surface area contributed by atoms with E-state index in [1.54, 1.807) is 11.0 Å². The molecular formula is C22H25ClFNO4S. The third kappa shape index (κ3) is 5.39. The maximum atomic E-state index is 14.1. The molecule has 0 spiro atoms. The summed E-state index contributed by atoms with van der Waals surface area (Å²) in [6.07, 6.45) is 2.02. The molecule has 1 aliphatic rings. The third-order valence-corrected chi connectivity index (χ3v) is 6.59. The van der Waals surface area contributed by atoms with Crippen molar-refractivity contribution in [3.05, 3.63) is 70.0 Å². The van der Waals surface area contributed by atoms with Gasteiger partial charge in [0.2, 0.25) is 5.91 Å². The van der Waals surface area contributed by atoms with Crippen molar-refractivity contribution < 1.29 is 21.8 Å². The Kier molecular flexibility index (Phi) is 6.84. The van der Waals surface area contributed by atoms with Gasteiger partial charge in [0.25, 0.3) is 10.1 Å². The Morgan fingerprint density at radius 2 is 1.93 bits per heavy atom. The Bertz CT molecular complexity index is 1010. The second-order valence-electron chi connectivity index (χ2n) is 7.86. The Morgan fingerprint density at radius 3 is 2.57 bits per heavy atom. The highest BCUT2D eigenvalue weighted by atomic mass is 35.5. The van der Waals surface area contributed by atoms with Crippen molar-refractivity contribution >= 4 is 27.6 Å². The number of halogens is 2. The minimum atomic E-state index is -3.55. The van der Waals surface area contributed by atoms with E-state index in [1.807, 2.05) is 31.2 Å². The predicted octanol–water partition coefficient (Wildman–Crippen LogP) is 3.87. The van der Waals surface area contributed by atoms with E-state index >= 15 is 0 Å². The fourth-order valence-corrected chi connectivity index (χ4v) is 4.55. The number of carbonyl (C=O) groups is 1. The maximum absolute atomic E-state index is 14.1. The maximum Gasteiger partial charge on any atom is 0.264 e. The Morgan fingerprint density at radius 1 is 1.23 bits per heavy atom. The van der Waals surface area contributed by atoms with E-state index in [-0.39, 0.29) is 29.5 Å². The summed E-state index contributed by atoms with van der Waals surface area (Å²) in [6.45, 7) is 2.94. The molecule has 1 unspecified atom stereocenters. The smallest absolute Gasteiger partial charge is 0.264 e. The zero-order chi connectivity index (χ0) is 21.9. The van der Waals surface area contributed by atoms with Crippen LogP contribution in [0.2, 0.25) is 5.02 Å². The van der Waals surface area contributed by atoms with Gasteiger partial charge in [-0.25, -0.2) is 4.39 Å². The van der Waals surface area contributed by atoms with E-state index in [9.17, 15) is 17.6 Å². The van der Waals surface area contributed by atoms with Crippen molar-refractivity contribution in [3.63, 3.8) is 0 Å². The predicted molar refractivity (Wildman–Crippen MR) is 115 cm³/mol. The number of rotatable bonds is 7. The highest BCUT2D eigenvalue weighted by Crippen LogP contribution is 2.38. The molecule has 0 N–H and O–H groups in total. The van der Waals surface area contributed by atoms with E-state index in [0.717, 1.165) is 17.4 Å². The van der Waals surface area contributed by atoms with E-state index < -0.39 is 21.4 Å². The second kappa shape index (κ2) is 9.04. The zero-order valence-electron chi connectivity index (χ0n) is 17.0. The lowest BCUT2D eigenvalue weighted by Gasteiger charge is -2.30. The van der Waals surface area contributed by atoms with Crippen LogP contribution in [0.1, 0.15) is 29.5 Å². The molecule has 0 saturated carbocycles. The number of likely N-dealkylation sites (tertiary alicyclic amines) is 1. The number of benzene rings is 2. The lowest BCUT2D eigenvalue weighted by molar-refractivity contribution is -0.129. The minimum absolute atomic E-state index is 0.0356. The molecule has 3 rings (SSSR count). The summed E-state index contributed by atoms with van der Waals surface area (Å²) < 4.78 is 41.9. The first-order chi connectivity index (χ1) is 14.1. The lowest BCUT2D eigenvalue weighted by atomic mass is 9.77. The van der Waals surface area contributed by atoms with Crippen LogP contribution in [-0.2, 0) is 30.9 Å². The van der Waals surface area contributed by atoms with Crippen LogP contribution in [0.5, 0.6) is 0 Å². The van der Waals surface area contributed by atoms with Crippen molar-refractivity contribution in [2.75, 3.05) is 26.0 Å². The summed E-state index contributed by atoms with van der Waals surface area (Å²) in [5.74, 6) is -0.707. The van der Waals surface area contributed by atoms with Crippen LogP contribution in [0.25, 0.3) is 0 Å². The van der Waals surface area contributed by atoms with E-state index in [0.29, 0.717) is 25.9 Å². The van der Waals surface area contributed by atoms with Crippen LogP contribution < -0.4 is 0 Å². The highest BCUT2D eigenvalue weighted by Gasteiger charge is 2.41. The van der Waals surface area contributed by atoms with Gasteiger partial charge in [0.1, 0.15) is 5.82 Å². The standard InChI is InChI=1S/C22H25ClFNO4S/c1-16-6-8-17(9-7-16)22(11-13-29-30(2,27)28)10-12-25(15-22)21(26)14-18-19(23)4-3-5-20(18)24/h3-9H,10-15H2,1-2H3. The lowest BCUT2D eigenvalue weighted by Crippen LogP contribution is -2.36. The molecule has 1 fully saturated rings. The topological polar surface area (TPSA) is 63.7 Å². The second-order valence-corrected chi connectivity index (χ2v) is 9.92. The molecular weight excluding hydrogens is 429 g/mol. The fraction of sp³-hybridized carbons (Fsp3) is 0.409. The fourth-order valence-electron chi connectivity index (χ4n) is 3.93. The van der Waals surface area contributed by atoms with Crippen LogP contribution in [0, 0.1) is 12.7 Å². The van der Waals surface area contributed by atoms with E-state index in [4.69, 9.17) is 15.8 Å². The van der Waals surface area contributed by atoms with Crippen LogP contribution in [0.15, 0.2) is 42.5 Å². The van der Waals surface area contributed by atoms with Gasteiger partial charge in [-0.05, 0) is 37.5 Å². The number of hydrogen-bond acceptors (Lipinski definition) is 4. The first-order valence-electron chi connectivity index (χ1n) is 9.72. The molecule has 1 atom stereocenters. The van der Waals surface area contributed by atoms with Crippen LogP contribution in [-0.4, -0.2) is 45.2 Å². The largest absolute Gasteiger partial charge is 0.341 e. The number of hydrogen-bond donors (Lipinski definition) is 0. The number of nitrogens with zero attached hydrogens (tertiary/aromatic N) is 1. The minimum Gasteiger partial charge on any atom is -0.341 e. The van der Waals surface area contributed by atoms with E-state index in [2.05, 4.69) is 0 Å². The average Bonchev–Trinajstić information content (AvgIpc) is 3.10. The van der Waals surface area contributed by atoms with Gasteiger partial charge >= 0.3 is 0 Å².